The summed E-state index contributed by atoms with van der Waals surface area (Å²) in [6.07, 6.45) is 0. The Labute approximate surface area is 108 Å². The Balaban J connectivity index is 2.33. The van der Waals surface area contributed by atoms with Crippen molar-refractivity contribution >= 4 is 11.9 Å². The summed E-state index contributed by atoms with van der Waals surface area (Å²) in [6, 6.07) is 6.01. The number of benzene rings is 1. The number of nitrogens with zero attached hydrogens (tertiary/aromatic N) is 1. The molecule has 5 nitrogen and oxygen atoms in total. The molecule has 7 heteroatoms. The molecule has 2 N–H and O–H groups in total. The van der Waals surface area contributed by atoms with E-state index < -0.39 is 12.2 Å². The highest BCUT2D eigenvalue weighted by atomic mass is 19.3. The normalized spacial score (nSPS) is 24.5. The molecular weight excluding hydrogens is 256 g/mol. The number of carbonyl (C=O) groups is 1. The van der Waals surface area contributed by atoms with Crippen LogP contribution in [0.1, 0.15) is 12.5 Å². The van der Waals surface area contributed by atoms with Crippen molar-refractivity contribution in [3.63, 3.8) is 0 Å². The minimum Gasteiger partial charge on any atom is -0.435 e. The molecule has 1 aliphatic rings. The third-order valence-corrected chi connectivity index (χ3v) is 2.91. The van der Waals surface area contributed by atoms with Gasteiger partial charge in [-0.05, 0) is 24.6 Å². The first-order valence-corrected chi connectivity index (χ1v) is 5.57. The van der Waals surface area contributed by atoms with Crippen LogP contribution < -0.4 is 15.4 Å². The van der Waals surface area contributed by atoms with E-state index >= 15 is 0 Å². The van der Waals surface area contributed by atoms with Crippen LogP contribution in [0.4, 0.5) is 8.78 Å². The molecule has 0 saturated carbocycles. The standard InChI is InChI=1S/C12H13F2N3O2/c1-12(9(18)16-11(15-2)17-12)7-4-3-5-8(6-7)19-10(13)14/h3-6,10H,1-2H3,(H2,15,16,17,18). The van der Waals surface area contributed by atoms with Crippen molar-refractivity contribution in [2.24, 2.45) is 4.99 Å². The van der Waals surface area contributed by atoms with E-state index in [0.29, 0.717) is 11.5 Å². The maximum absolute atomic E-state index is 12.2. The second-order valence-corrected chi connectivity index (χ2v) is 4.18. The van der Waals surface area contributed by atoms with Crippen molar-refractivity contribution in [2.45, 2.75) is 19.1 Å². The van der Waals surface area contributed by atoms with Crippen LogP contribution in [0.25, 0.3) is 0 Å². The van der Waals surface area contributed by atoms with E-state index in [4.69, 9.17) is 0 Å². The molecule has 1 atom stereocenters. The molecule has 1 aliphatic heterocycles. The lowest BCUT2D eigenvalue weighted by atomic mass is 9.92. The molecule has 102 valence electrons. The number of carbonyl (C=O) groups excluding carboxylic acids is 1. The summed E-state index contributed by atoms with van der Waals surface area (Å²) in [7, 11) is 1.53. The Hall–Kier alpha value is -2.18. The Bertz CT molecular complexity index is 533. The predicted octanol–water partition coefficient (Wildman–Crippen LogP) is 1.21. The maximum atomic E-state index is 12.2. The molecule has 1 heterocycles. The maximum Gasteiger partial charge on any atom is 0.387 e. The Kier molecular flexibility index (Phi) is 3.37. The number of hydrogen-bond donors (Lipinski definition) is 2. The minimum atomic E-state index is -2.90. The highest BCUT2D eigenvalue weighted by Gasteiger charge is 2.42. The Morgan fingerprint density at radius 1 is 1.42 bits per heavy atom. The molecule has 1 fully saturated rings. The minimum absolute atomic E-state index is 0.00483. The van der Waals surface area contributed by atoms with Crippen LogP contribution in [0.3, 0.4) is 0 Å². The molecule has 0 radical (unpaired) electrons. The van der Waals surface area contributed by atoms with Gasteiger partial charge in [-0.3, -0.25) is 15.1 Å². The van der Waals surface area contributed by atoms with Crippen molar-refractivity contribution in [1.82, 2.24) is 10.6 Å². The van der Waals surface area contributed by atoms with E-state index in [1.807, 2.05) is 0 Å². The number of hydrogen-bond acceptors (Lipinski definition) is 3. The topological polar surface area (TPSA) is 62.7 Å². The highest BCUT2D eigenvalue weighted by molar-refractivity contribution is 6.09. The third kappa shape index (κ3) is 2.49. The zero-order valence-corrected chi connectivity index (χ0v) is 10.4. The molecule has 19 heavy (non-hydrogen) atoms. The Morgan fingerprint density at radius 2 is 2.16 bits per heavy atom. The fourth-order valence-corrected chi connectivity index (χ4v) is 1.86. The van der Waals surface area contributed by atoms with Crippen molar-refractivity contribution < 1.29 is 18.3 Å². The first kappa shape index (κ1) is 13.3. The fourth-order valence-electron chi connectivity index (χ4n) is 1.86. The van der Waals surface area contributed by atoms with Gasteiger partial charge in [-0.25, -0.2) is 0 Å². The lowest BCUT2D eigenvalue weighted by Crippen LogP contribution is -2.40. The van der Waals surface area contributed by atoms with Gasteiger partial charge < -0.3 is 10.1 Å². The van der Waals surface area contributed by atoms with E-state index in [2.05, 4.69) is 20.4 Å². The van der Waals surface area contributed by atoms with Gasteiger partial charge >= 0.3 is 6.61 Å². The molecular formula is C12H13F2N3O2. The van der Waals surface area contributed by atoms with Crippen LogP contribution in [-0.4, -0.2) is 25.5 Å². The van der Waals surface area contributed by atoms with Crippen molar-refractivity contribution in [3.8, 4) is 5.75 Å². The highest BCUT2D eigenvalue weighted by Crippen LogP contribution is 2.27. The first-order chi connectivity index (χ1) is 8.95. The molecule has 0 spiro atoms. The summed E-state index contributed by atoms with van der Waals surface area (Å²) in [6.45, 7) is -1.26. The molecule has 1 amide bonds. The number of alkyl halides is 2. The van der Waals surface area contributed by atoms with Crippen LogP contribution in [0.15, 0.2) is 29.3 Å². The van der Waals surface area contributed by atoms with Crippen LogP contribution in [0.5, 0.6) is 5.75 Å². The lowest BCUT2D eigenvalue weighted by molar-refractivity contribution is -0.123. The van der Waals surface area contributed by atoms with Gasteiger partial charge in [0.25, 0.3) is 5.91 Å². The zero-order chi connectivity index (χ0) is 14.0. The number of rotatable bonds is 3. The van der Waals surface area contributed by atoms with Gasteiger partial charge in [0.1, 0.15) is 11.3 Å². The summed E-state index contributed by atoms with van der Waals surface area (Å²) in [5.74, 6) is 0.0418. The SMILES string of the molecule is CN=C1NC(=O)C(C)(c2cccc(OC(F)F)c2)N1. The van der Waals surface area contributed by atoms with Crippen LogP contribution in [0.2, 0.25) is 0 Å². The predicted molar refractivity (Wildman–Crippen MR) is 65.1 cm³/mol. The number of halogens is 2. The van der Waals surface area contributed by atoms with Gasteiger partial charge in [0.05, 0.1) is 0 Å². The molecule has 0 bridgehead atoms. The molecule has 1 saturated heterocycles. The molecule has 0 aromatic heterocycles. The fraction of sp³-hybridized carbons (Fsp3) is 0.333. The zero-order valence-electron chi connectivity index (χ0n) is 10.4. The quantitative estimate of drug-likeness (QED) is 0.867. The van der Waals surface area contributed by atoms with E-state index in [1.54, 1.807) is 19.1 Å². The van der Waals surface area contributed by atoms with E-state index in [0.717, 1.165) is 0 Å². The molecule has 0 aliphatic carbocycles. The lowest BCUT2D eigenvalue weighted by Gasteiger charge is -2.22. The van der Waals surface area contributed by atoms with Gasteiger partial charge in [-0.2, -0.15) is 8.78 Å². The number of nitrogens with one attached hydrogen (secondary N) is 2. The summed E-state index contributed by atoms with van der Waals surface area (Å²) < 4.78 is 28.7. The van der Waals surface area contributed by atoms with Crippen molar-refractivity contribution in [3.05, 3.63) is 29.8 Å². The number of guanidine groups is 1. The van der Waals surface area contributed by atoms with E-state index in [1.165, 1.54) is 19.2 Å². The van der Waals surface area contributed by atoms with E-state index in [9.17, 15) is 13.6 Å². The van der Waals surface area contributed by atoms with Gasteiger partial charge in [0.15, 0.2) is 5.96 Å². The van der Waals surface area contributed by atoms with Crippen LogP contribution in [0, 0.1) is 0 Å². The van der Waals surface area contributed by atoms with Crippen molar-refractivity contribution in [1.29, 1.82) is 0 Å². The smallest absolute Gasteiger partial charge is 0.387 e. The van der Waals surface area contributed by atoms with E-state index in [-0.39, 0.29) is 11.7 Å². The number of aliphatic imine (C=N–C) groups is 1. The summed E-state index contributed by atoms with van der Waals surface area (Å²) in [5.41, 5.74) is -0.544. The average Bonchev–Trinajstić information content (AvgIpc) is 2.66. The summed E-state index contributed by atoms with van der Waals surface area (Å²) in [4.78, 5) is 15.8. The largest absolute Gasteiger partial charge is 0.435 e. The van der Waals surface area contributed by atoms with Gasteiger partial charge in [0, 0.05) is 7.05 Å². The summed E-state index contributed by atoms with van der Waals surface area (Å²) >= 11 is 0. The van der Waals surface area contributed by atoms with Crippen LogP contribution >= 0.6 is 0 Å². The third-order valence-electron chi connectivity index (χ3n) is 2.91. The van der Waals surface area contributed by atoms with Gasteiger partial charge in [0.2, 0.25) is 0 Å². The monoisotopic (exact) mass is 269 g/mol. The average molecular weight is 269 g/mol. The second kappa shape index (κ2) is 4.83. The Morgan fingerprint density at radius 3 is 2.74 bits per heavy atom. The number of amides is 1. The summed E-state index contributed by atoms with van der Waals surface area (Å²) in [5, 5.41) is 5.47. The molecule has 1 unspecified atom stereocenters. The van der Waals surface area contributed by atoms with Crippen molar-refractivity contribution in [2.75, 3.05) is 7.05 Å². The van der Waals surface area contributed by atoms with Crippen LogP contribution in [-0.2, 0) is 10.3 Å². The van der Waals surface area contributed by atoms with Gasteiger partial charge in [-0.1, -0.05) is 12.1 Å². The molecule has 2 rings (SSSR count). The molecule has 1 aromatic carbocycles. The van der Waals surface area contributed by atoms with Gasteiger partial charge in [-0.15, -0.1) is 0 Å². The first-order valence-electron chi connectivity index (χ1n) is 5.57. The number of ether oxygens (including phenoxy) is 1. The molecule has 1 aromatic rings. The second-order valence-electron chi connectivity index (χ2n) is 4.18.